The van der Waals surface area contributed by atoms with E-state index >= 15 is 0 Å². The number of nitrogens with zero attached hydrogens (tertiary/aromatic N) is 2. The van der Waals surface area contributed by atoms with Crippen LogP contribution >= 0.6 is 11.6 Å². The lowest BCUT2D eigenvalue weighted by Gasteiger charge is -2.34. The van der Waals surface area contributed by atoms with E-state index in [0.29, 0.717) is 22.7 Å². The van der Waals surface area contributed by atoms with Crippen LogP contribution in [0.2, 0.25) is 5.02 Å². The van der Waals surface area contributed by atoms with Gasteiger partial charge in [-0.1, -0.05) is 97.1 Å². The molecular weight excluding hydrogens is 594 g/mol. The van der Waals surface area contributed by atoms with Gasteiger partial charge in [-0.25, -0.2) is 8.42 Å². The lowest BCUT2D eigenvalue weighted by Crippen LogP contribution is -2.52. The Morgan fingerprint density at radius 3 is 2.25 bits per heavy atom. The third-order valence-electron chi connectivity index (χ3n) is 8.36. The maximum Gasteiger partial charge on any atom is 0.243 e. The molecule has 0 saturated heterocycles. The van der Waals surface area contributed by atoms with Crippen LogP contribution in [0.15, 0.2) is 72.8 Å². The number of carbonyl (C=O) groups is 2. The summed E-state index contributed by atoms with van der Waals surface area (Å²) in [5, 5.41) is 3.74. The molecule has 1 aliphatic rings. The Morgan fingerprint density at radius 2 is 1.59 bits per heavy atom. The summed E-state index contributed by atoms with van der Waals surface area (Å²) in [7, 11) is -3.63. The summed E-state index contributed by atoms with van der Waals surface area (Å²) in [6.07, 6.45) is 7.14. The Hall–Kier alpha value is -3.36. The van der Waals surface area contributed by atoms with Crippen molar-refractivity contribution < 1.29 is 18.0 Å². The second-order valence-electron chi connectivity index (χ2n) is 11.9. The molecule has 1 fully saturated rings. The van der Waals surface area contributed by atoms with E-state index in [9.17, 15) is 18.0 Å². The third kappa shape index (κ3) is 9.32. The number of aryl methyl sites for hydroxylation is 1. The van der Waals surface area contributed by atoms with E-state index in [4.69, 9.17) is 11.6 Å². The first kappa shape index (κ1) is 33.5. The van der Waals surface area contributed by atoms with Crippen LogP contribution in [0.3, 0.4) is 0 Å². The second kappa shape index (κ2) is 15.6. The molecule has 1 atom stereocenters. The van der Waals surface area contributed by atoms with Crippen LogP contribution in [0.1, 0.15) is 67.2 Å². The number of nitrogens with one attached hydrogen (secondary N) is 1. The molecule has 3 aromatic carbocycles. The Morgan fingerprint density at radius 1 is 0.909 bits per heavy atom. The minimum absolute atomic E-state index is 0.0828. The van der Waals surface area contributed by atoms with Crippen LogP contribution in [0, 0.1) is 13.8 Å². The predicted octanol–water partition coefficient (Wildman–Crippen LogP) is 6.59. The SMILES string of the molecule is Cc1ccc(CN(C(=O)CCCN(c2cccc(Cl)c2C)S(C)(=O)=O)C(Cc2ccccc2)C(=O)NC2CCCCC2)cc1. The van der Waals surface area contributed by atoms with Gasteiger partial charge in [0.1, 0.15) is 6.04 Å². The Balaban J connectivity index is 1.60. The first-order valence-corrected chi connectivity index (χ1v) is 17.7. The molecule has 3 aromatic rings. The number of halogens is 1. The summed E-state index contributed by atoms with van der Waals surface area (Å²) < 4.78 is 26.9. The van der Waals surface area contributed by atoms with E-state index in [1.165, 1.54) is 10.7 Å². The quantitative estimate of drug-likeness (QED) is 0.229. The van der Waals surface area contributed by atoms with E-state index in [1.807, 2.05) is 61.5 Å². The molecule has 4 rings (SSSR count). The summed E-state index contributed by atoms with van der Waals surface area (Å²) in [4.78, 5) is 29.7. The lowest BCUT2D eigenvalue weighted by molar-refractivity contribution is -0.141. The molecule has 0 radical (unpaired) electrons. The Kier molecular flexibility index (Phi) is 11.9. The van der Waals surface area contributed by atoms with E-state index in [1.54, 1.807) is 30.0 Å². The zero-order valence-electron chi connectivity index (χ0n) is 26.0. The van der Waals surface area contributed by atoms with Gasteiger partial charge in [0, 0.05) is 37.0 Å². The van der Waals surface area contributed by atoms with Crippen molar-refractivity contribution >= 4 is 39.1 Å². The van der Waals surface area contributed by atoms with Crippen LogP contribution in [0.25, 0.3) is 0 Å². The number of anilines is 1. The van der Waals surface area contributed by atoms with Gasteiger partial charge in [-0.3, -0.25) is 13.9 Å². The van der Waals surface area contributed by atoms with Crippen molar-refractivity contribution in [1.82, 2.24) is 10.2 Å². The highest BCUT2D eigenvalue weighted by Gasteiger charge is 2.32. The molecule has 0 aromatic heterocycles. The van der Waals surface area contributed by atoms with Crippen molar-refractivity contribution in [3.8, 4) is 0 Å². The molecule has 44 heavy (non-hydrogen) atoms. The summed E-state index contributed by atoms with van der Waals surface area (Å²) in [5.74, 6) is -0.338. The molecule has 0 spiro atoms. The van der Waals surface area contributed by atoms with Crippen molar-refractivity contribution in [2.75, 3.05) is 17.1 Å². The second-order valence-corrected chi connectivity index (χ2v) is 14.2. The van der Waals surface area contributed by atoms with E-state index in [-0.39, 0.29) is 43.8 Å². The Bertz CT molecular complexity index is 1510. The highest BCUT2D eigenvalue weighted by atomic mass is 35.5. The third-order valence-corrected chi connectivity index (χ3v) is 9.95. The number of hydrogen-bond donors (Lipinski definition) is 1. The highest BCUT2D eigenvalue weighted by Crippen LogP contribution is 2.29. The summed E-state index contributed by atoms with van der Waals surface area (Å²) in [5.41, 5.74) is 4.17. The number of amides is 2. The van der Waals surface area contributed by atoms with Gasteiger partial charge < -0.3 is 10.2 Å². The summed E-state index contributed by atoms with van der Waals surface area (Å²) in [6.45, 7) is 4.18. The van der Waals surface area contributed by atoms with E-state index in [0.717, 1.165) is 48.6 Å². The van der Waals surface area contributed by atoms with Crippen LogP contribution in [-0.4, -0.2) is 50.0 Å². The van der Waals surface area contributed by atoms with Gasteiger partial charge in [-0.05, 0) is 61.9 Å². The molecule has 1 unspecified atom stereocenters. The molecule has 0 bridgehead atoms. The van der Waals surface area contributed by atoms with Gasteiger partial charge >= 0.3 is 0 Å². The number of carbonyl (C=O) groups excluding carboxylic acids is 2. The normalized spacial score (nSPS) is 14.5. The molecule has 0 heterocycles. The maximum absolute atomic E-state index is 14.1. The lowest BCUT2D eigenvalue weighted by atomic mass is 9.94. The number of sulfonamides is 1. The van der Waals surface area contributed by atoms with Gasteiger partial charge in [0.25, 0.3) is 0 Å². The minimum Gasteiger partial charge on any atom is -0.352 e. The smallest absolute Gasteiger partial charge is 0.243 e. The molecule has 1 aliphatic carbocycles. The van der Waals surface area contributed by atoms with Gasteiger partial charge in [-0.2, -0.15) is 0 Å². The van der Waals surface area contributed by atoms with E-state index < -0.39 is 16.1 Å². The average molecular weight is 638 g/mol. The highest BCUT2D eigenvalue weighted by molar-refractivity contribution is 7.92. The molecule has 2 amide bonds. The first-order chi connectivity index (χ1) is 21.0. The van der Waals surface area contributed by atoms with Gasteiger partial charge in [-0.15, -0.1) is 0 Å². The summed E-state index contributed by atoms with van der Waals surface area (Å²) in [6, 6.07) is 22.3. The zero-order valence-corrected chi connectivity index (χ0v) is 27.5. The van der Waals surface area contributed by atoms with Crippen molar-refractivity contribution in [3.05, 3.63) is 100 Å². The van der Waals surface area contributed by atoms with E-state index in [2.05, 4.69) is 5.32 Å². The standard InChI is InChI=1S/C35H44ClN3O4S/c1-26-19-21-29(22-20-26)25-38(33(24-28-12-6-4-7-13-28)35(41)37-30-14-8-5-9-15-30)34(40)18-11-23-39(44(3,42)43)32-17-10-16-31(36)27(32)2/h4,6-7,10,12-13,16-17,19-22,30,33H,5,8-9,11,14-15,18,23-25H2,1-3H3,(H,37,41). The predicted molar refractivity (Wildman–Crippen MR) is 178 cm³/mol. The fraction of sp³-hybridized carbons (Fsp3) is 0.429. The molecule has 1 N–H and O–H groups in total. The number of benzene rings is 3. The molecule has 9 heteroatoms. The molecule has 1 saturated carbocycles. The number of hydrogen-bond acceptors (Lipinski definition) is 4. The number of rotatable bonds is 13. The maximum atomic E-state index is 14.1. The van der Waals surface area contributed by atoms with Gasteiger partial charge in [0.05, 0.1) is 11.9 Å². The Labute approximate surface area is 267 Å². The van der Waals surface area contributed by atoms with Crippen LogP contribution in [0.5, 0.6) is 0 Å². The first-order valence-electron chi connectivity index (χ1n) is 15.4. The monoisotopic (exact) mass is 637 g/mol. The van der Waals surface area contributed by atoms with Crippen molar-refractivity contribution in [2.24, 2.45) is 0 Å². The molecule has 0 aliphatic heterocycles. The van der Waals surface area contributed by atoms with Crippen molar-refractivity contribution in [1.29, 1.82) is 0 Å². The van der Waals surface area contributed by atoms with Crippen molar-refractivity contribution in [3.63, 3.8) is 0 Å². The average Bonchev–Trinajstić information content (AvgIpc) is 3.00. The molecule has 236 valence electrons. The van der Waals surface area contributed by atoms with Crippen molar-refractivity contribution in [2.45, 2.75) is 83.8 Å². The largest absolute Gasteiger partial charge is 0.352 e. The fourth-order valence-electron chi connectivity index (χ4n) is 5.84. The van der Waals surface area contributed by atoms with Crippen LogP contribution in [0.4, 0.5) is 5.69 Å². The fourth-order valence-corrected chi connectivity index (χ4v) is 7.02. The van der Waals surface area contributed by atoms with Gasteiger partial charge in [0.2, 0.25) is 21.8 Å². The summed E-state index contributed by atoms with van der Waals surface area (Å²) >= 11 is 6.30. The minimum atomic E-state index is -3.63. The van der Waals surface area contributed by atoms with Crippen LogP contribution in [-0.2, 0) is 32.6 Å². The van der Waals surface area contributed by atoms with Gasteiger partial charge in [0.15, 0.2) is 0 Å². The van der Waals surface area contributed by atoms with Crippen LogP contribution < -0.4 is 9.62 Å². The zero-order chi connectivity index (χ0) is 31.7. The topological polar surface area (TPSA) is 86.8 Å². The molecule has 7 nitrogen and oxygen atoms in total. The molecular formula is C35H44ClN3O4S.